The predicted octanol–water partition coefficient (Wildman–Crippen LogP) is 1.52. The molecule has 1 rings (SSSR count). The van der Waals surface area contributed by atoms with Crippen LogP contribution in [-0.4, -0.2) is 31.8 Å². The maximum atomic E-state index is 6.05. The van der Waals surface area contributed by atoms with Gasteiger partial charge in [0.25, 0.3) is 0 Å². The summed E-state index contributed by atoms with van der Waals surface area (Å²) in [5, 5.41) is 3.41. The molecule has 90 valence electrons. The fourth-order valence-corrected chi connectivity index (χ4v) is 1.70. The molecule has 1 saturated heterocycles. The van der Waals surface area contributed by atoms with Gasteiger partial charge in [0.05, 0.1) is 6.10 Å². The number of hydrogen-bond acceptors (Lipinski definition) is 3. The Bertz CT molecular complexity index is 171. The average Bonchev–Trinajstić information content (AvgIpc) is 2.63. The van der Waals surface area contributed by atoms with Crippen LogP contribution in [0.4, 0.5) is 0 Å². The van der Waals surface area contributed by atoms with Crippen LogP contribution in [0.5, 0.6) is 0 Å². The largest absolute Gasteiger partial charge is 0.378 e. The highest BCUT2D eigenvalue weighted by Crippen LogP contribution is 2.17. The van der Waals surface area contributed by atoms with Crippen molar-refractivity contribution in [1.29, 1.82) is 0 Å². The Labute approximate surface area is 93.8 Å². The topological polar surface area (TPSA) is 47.3 Å². The first kappa shape index (κ1) is 12.9. The van der Waals surface area contributed by atoms with Crippen LogP contribution in [0.2, 0.25) is 0 Å². The van der Waals surface area contributed by atoms with Crippen LogP contribution in [0, 0.1) is 5.41 Å². The molecule has 3 nitrogen and oxygen atoms in total. The van der Waals surface area contributed by atoms with Gasteiger partial charge in [-0.2, -0.15) is 0 Å². The van der Waals surface area contributed by atoms with E-state index in [4.69, 9.17) is 10.5 Å². The van der Waals surface area contributed by atoms with Gasteiger partial charge < -0.3 is 15.8 Å². The molecule has 1 fully saturated rings. The fourth-order valence-electron chi connectivity index (χ4n) is 1.70. The Hall–Kier alpha value is -0.120. The normalized spacial score (nSPS) is 24.4. The predicted molar refractivity (Wildman–Crippen MR) is 63.9 cm³/mol. The highest BCUT2D eigenvalue weighted by Gasteiger charge is 2.20. The molecule has 0 aromatic heterocycles. The molecule has 1 aliphatic rings. The molecule has 1 heterocycles. The Morgan fingerprint density at radius 1 is 1.47 bits per heavy atom. The molecule has 0 aromatic carbocycles. The average molecular weight is 214 g/mol. The highest BCUT2D eigenvalue weighted by atomic mass is 16.5. The van der Waals surface area contributed by atoms with Gasteiger partial charge in [-0.3, -0.25) is 0 Å². The van der Waals surface area contributed by atoms with Crippen LogP contribution in [0.3, 0.4) is 0 Å². The van der Waals surface area contributed by atoms with E-state index < -0.39 is 0 Å². The van der Waals surface area contributed by atoms with Crippen molar-refractivity contribution in [2.24, 2.45) is 11.1 Å². The van der Waals surface area contributed by atoms with Crippen molar-refractivity contribution >= 4 is 0 Å². The quantitative estimate of drug-likeness (QED) is 0.682. The zero-order valence-corrected chi connectivity index (χ0v) is 10.4. The first-order valence-corrected chi connectivity index (χ1v) is 6.08. The molecule has 15 heavy (non-hydrogen) atoms. The molecule has 0 bridgehead atoms. The number of rotatable bonds is 5. The summed E-state index contributed by atoms with van der Waals surface area (Å²) in [6, 6.07) is 0.224. The van der Waals surface area contributed by atoms with Gasteiger partial charge in [-0.05, 0) is 31.2 Å². The molecule has 2 atom stereocenters. The smallest absolute Gasteiger partial charge is 0.0588 e. The fraction of sp³-hybridized carbons (Fsp3) is 1.00. The first-order valence-electron chi connectivity index (χ1n) is 6.08. The van der Waals surface area contributed by atoms with Gasteiger partial charge in [0.1, 0.15) is 0 Å². The number of nitrogens with two attached hydrogens (primary N) is 1. The van der Waals surface area contributed by atoms with E-state index in [1.807, 2.05) is 0 Å². The van der Waals surface area contributed by atoms with E-state index in [0.29, 0.717) is 6.10 Å². The van der Waals surface area contributed by atoms with Crippen molar-refractivity contribution in [2.45, 2.75) is 52.2 Å². The second-order valence-corrected chi connectivity index (χ2v) is 5.60. The third-order valence-corrected chi connectivity index (χ3v) is 3.14. The van der Waals surface area contributed by atoms with E-state index >= 15 is 0 Å². The molecule has 0 amide bonds. The van der Waals surface area contributed by atoms with Gasteiger partial charge in [0.2, 0.25) is 0 Å². The van der Waals surface area contributed by atoms with Crippen molar-refractivity contribution in [3.05, 3.63) is 0 Å². The highest BCUT2D eigenvalue weighted by molar-refractivity contribution is 4.79. The Morgan fingerprint density at radius 3 is 2.73 bits per heavy atom. The third-order valence-electron chi connectivity index (χ3n) is 3.14. The summed E-state index contributed by atoms with van der Waals surface area (Å²) in [7, 11) is 0. The molecule has 0 radical (unpaired) electrons. The van der Waals surface area contributed by atoms with Crippen LogP contribution < -0.4 is 11.1 Å². The second kappa shape index (κ2) is 5.83. The molecular weight excluding hydrogens is 188 g/mol. The van der Waals surface area contributed by atoms with Crippen molar-refractivity contribution in [3.63, 3.8) is 0 Å². The van der Waals surface area contributed by atoms with E-state index in [0.717, 1.165) is 26.1 Å². The van der Waals surface area contributed by atoms with Gasteiger partial charge in [-0.1, -0.05) is 20.8 Å². The van der Waals surface area contributed by atoms with Crippen molar-refractivity contribution in [1.82, 2.24) is 5.32 Å². The van der Waals surface area contributed by atoms with Crippen LogP contribution in [0.15, 0.2) is 0 Å². The maximum Gasteiger partial charge on any atom is 0.0588 e. The molecule has 3 N–H and O–H groups in total. The SMILES string of the molecule is CC(C)(C)C(N)CNCCC1CCCO1. The van der Waals surface area contributed by atoms with Crippen LogP contribution in [-0.2, 0) is 4.74 Å². The molecule has 2 unspecified atom stereocenters. The van der Waals surface area contributed by atoms with Crippen LogP contribution >= 0.6 is 0 Å². The van der Waals surface area contributed by atoms with E-state index in [1.54, 1.807) is 0 Å². The standard InChI is InChI=1S/C12H26N2O/c1-12(2,3)11(13)9-14-7-6-10-5-4-8-15-10/h10-11,14H,4-9,13H2,1-3H3. The molecule has 0 aliphatic carbocycles. The molecule has 0 saturated carbocycles. The summed E-state index contributed by atoms with van der Waals surface area (Å²) in [5.74, 6) is 0. The van der Waals surface area contributed by atoms with Crippen LogP contribution in [0.1, 0.15) is 40.0 Å². The van der Waals surface area contributed by atoms with Crippen molar-refractivity contribution in [3.8, 4) is 0 Å². The van der Waals surface area contributed by atoms with E-state index in [-0.39, 0.29) is 11.5 Å². The van der Waals surface area contributed by atoms with Crippen LogP contribution in [0.25, 0.3) is 0 Å². The number of ether oxygens (including phenoxy) is 1. The molecule has 3 heteroatoms. The Balaban J connectivity index is 2.01. The summed E-state index contributed by atoms with van der Waals surface area (Å²) in [6.45, 7) is 9.41. The lowest BCUT2D eigenvalue weighted by atomic mass is 9.87. The van der Waals surface area contributed by atoms with Crippen molar-refractivity contribution < 1.29 is 4.74 Å². The molecule has 1 aliphatic heterocycles. The van der Waals surface area contributed by atoms with Gasteiger partial charge in [-0.25, -0.2) is 0 Å². The van der Waals surface area contributed by atoms with Gasteiger partial charge in [0, 0.05) is 19.2 Å². The minimum absolute atomic E-state index is 0.191. The first-order chi connectivity index (χ1) is 7.00. The Morgan fingerprint density at radius 2 is 2.20 bits per heavy atom. The van der Waals surface area contributed by atoms with E-state index in [9.17, 15) is 0 Å². The lowest BCUT2D eigenvalue weighted by molar-refractivity contribution is 0.104. The zero-order valence-electron chi connectivity index (χ0n) is 10.4. The van der Waals surface area contributed by atoms with Gasteiger partial charge in [0.15, 0.2) is 0 Å². The van der Waals surface area contributed by atoms with E-state index in [2.05, 4.69) is 26.1 Å². The van der Waals surface area contributed by atoms with Crippen molar-refractivity contribution in [2.75, 3.05) is 19.7 Å². The summed E-state index contributed by atoms with van der Waals surface area (Å²) >= 11 is 0. The van der Waals surface area contributed by atoms with Gasteiger partial charge >= 0.3 is 0 Å². The zero-order chi connectivity index (χ0) is 11.3. The lowest BCUT2D eigenvalue weighted by Crippen LogP contribution is -2.44. The minimum Gasteiger partial charge on any atom is -0.378 e. The summed E-state index contributed by atoms with van der Waals surface area (Å²) in [5.41, 5.74) is 6.24. The molecule has 0 aromatic rings. The second-order valence-electron chi connectivity index (χ2n) is 5.60. The summed E-state index contributed by atoms with van der Waals surface area (Å²) < 4.78 is 5.56. The summed E-state index contributed by atoms with van der Waals surface area (Å²) in [4.78, 5) is 0. The maximum absolute atomic E-state index is 6.05. The summed E-state index contributed by atoms with van der Waals surface area (Å²) in [6.07, 6.45) is 4.07. The monoisotopic (exact) mass is 214 g/mol. The minimum atomic E-state index is 0.191. The van der Waals surface area contributed by atoms with Gasteiger partial charge in [-0.15, -0.1) is 0 Å². The van der Waals surface area contributed by atoms with E-state index in [1.165, 1.54) is 12.8 Å². The lowest BCUT2D eigenvalue weighted by Gasteiger charge is -2.27. The molecular formula is C12H26N2O. The Kier molecular flexibility index (Phi) is 5.03. The number of hydrogen-bond donors (Lipinski definition) is 2. The third kappa shape index (κ3) is 4.96. The number of nitrogens with one attached hydrogen (secondary N) is 1. The molecule has 0 spiro atoms.